The number of nitrogens with zero attached hydrogens (tertiary/aromatic N) is 3. The molecule has 2 aromatic carbocycles. The minimum Gasteiger partial charge on any atom is -0.493 e. The summed E-state index contributed by atoms with van der Waals surface area (Å²) >= 11 is 0. The Balaban J connectivity index is 1.31. The molecule has 2 fully saturated rings. The molecule has 2 heterocycles. The van der Waals surface area contributed by atoms with Crippen molar-refractivity contribution >= 4 is 23.4 Å². The molecule has 0 spiro atoms. The van der Waals surface area contributed by atoms with Crippen molar-refractivity contribution in [3.8, 4) is 11.5 Å². The first kappa shape index (κ1) is 25.5. The van der Waals surface area contributed by atoms with E-state index < -0.39 is 0 Å². The number of benzene rings is 2. The number of anilines is 1. The minimum absolute atomic E-state index is 0.0874. The molecule has 1 N–H and O–H groups in total. The maximum absolute atomic E-state index is 13.0. The van der Waals surface area contributed by atoms with Gasteiger partial charge < -0.3 is 29.3 Å². The quantitative estimate of drug-likeness (QED) is 0.621. The number of rotatable bonds is 7. The number of piperazine rings is 1. The predicted octanol–water partition coefficient (Wildman–Crippen LogP) is 1.57. The van der Waals surface area contributed by atoms with Crippen molar-refractivity contribution in [1.29, 1.82) is 0 Å². The third-order valence-corrected chi connectivity index (χ3v) is 6.39. The van der Waals surface area contributed by atoms with Gasteiger partial charge in [0.05, 0.1) is 45.2 Å². The monoisotopic (exact) mass is 496 g/mol. The lowest BCUT2D eigenvalue weighted by molar-refractivity contribution is -0.117. The third-order valence-electron chi connectivity index (χ3n) is 6.39. The fourth-order valence-electron chi connectivity index (χ4n) is 4.37. The normalized spacial score (nSPS) is 16.4. The van der Waals surface area contributed by atoms with E-state index in [-0.39, 0.29) is 24.3 Å². The van der Waals surface area contributed by atoms with Gasteiger partial charge in [-0.1, -0.05) is 12.1 Å². The van der Waals surface area contributed by atoms with Crippen LogP contribution in [0.5, 0.6) is 11.5 Å². The van der Waals surface area contributed by atoms with Crippen LogP contribution >= 0.6 is 0 Å². The Morgan fingerprint density at radius 1 is 0.833 bits per heavy atom. The number of amides is 3. The number of carbonyl (C=O) groups excluding carboxylic acids is 3. The summed E-state index contributed by atoms with van der Waals surface area (Å²) in [6.07, 6.45) is 0. The zero-order chi connectivity index (χ0) is 25.5. The van der Waals surface area contributed by atoms with E-state index in [1.165, 1.54) is 7.11 Å². The molecule has 0 aliphatic carbocycles. The van der Waals surface area contributed by atoms with E-state index in [1.807, 2.05) is 4.90 Å². The van der Waals surface area contributed by atoms with Crippen LogP contribution in [-0.4, -0.2) is 106 Å². The van der Waals surface area contributed by atoms with Gasteiger partial charge in [0.25, 0.3) is 11.8 Å². The Morgan fingerprint density at radius 3 is 2.19 bits per heavy atom. The Hall–Kier alpha value is -3.63. The van der Waals surface area contributed by atoms with Gasteiger partial charge in [-0.05, 0) is 30.3 Å². The summed E-state index contributed by atoms with van der Waals surface area (Å²) in [5.41, 5.74) is 1.50. The number of methoxy groups -OCH3 is 2. The van der Waals surface area contributed by atoms with Crippen LogP contribution in [0.25, 0.3) is 0 Å². The summed E-state index contributed by atoms with van der Waals surface area (Å²) in [5, 5.41) is 2.90. The van der Waals surface area contributed by atoms with E-state index in [1.54, 1.807) is 59.4 Å². The number of nitrogens with one attached hydrogen (secondary N) is 1. The average molecular weight is 497 g/mol. The van der Waals surface area contributed by atoms with Crippen LogP contribution in [0.15, 0.2) is 42.5 Å². The Bertz CT molecular complexity index is 1090. The fraction of sp³-hybridized carbons (Fsp3) is 0.423. The standard InChI is InChI=1S/C26H32N4O6/c1-34-22-8-7-19(17-23(22)35-2)25(32)29-11-9-28(10-12-29)18-24(31)27-21-6-4-3-5-20(21)26(33)30-13-15-36-16-14-30/h3-8,17H,9-16,18H2,1-2H3,(H,27,31). The second-order valence-electron chi connectivity index (χ2n) is 8.64. The molecular formula is C26H32N4O6. The zero-order valence-corrected chi connectivity index (χ0v) is 20.7. The van der Waals surface area contributed by atoms with Gasteiger partial charge in [0.1, 0.15) is 0 Å². The van der Waals surface area contributed by atoms with Crippen LogP contribution in [0, 0.1) is 0 Å². The molecule has 0 atom stereocenters. The number of morpholine rings is 1. The van der Waals surface area contributed by atoms with Crippen molar-refractivity contribution in [3.63, 3.8) is 0 Å². The van der Waals surface area contributed by atoms with Crippen LogP contribution in [0.4, 0.5) is 5.69 Å². The lowest BCUT2D eigenvalue weighted by Crippen LogP contribution is -2.50. The van der Waals surface area contributed by atoms with Gasteiger partial charge in [-0.2, -0.15) is 0 Å². The number of ether oxygens (including phenoxy) is 3. The molecule has 4 rings (SSSR count). The van der Waals surface area contributed by atoms with E-state index in [0.29, 0.717) is 80.8 Å². The van der Waals surface area contributed by atoms with Gasteiger partial charge >= 0.3 is 0 Å². The molecule has 3 amide bonds. The number of carbonyl (C=O) groups is 3. The first-order valence-corrected chi connectivity index (χ1v) is 12.0. The molecule has 0 saturated carbocycles. The van der Waals surface area contributed by atoms with Crippen molar-refractivity contribution in [2.45, 2.75) is 0 Å². The van der Waals surface area contributed by atoms with Gasteiger partial charge in [-0.15, -0.1) is 0 Å². The van der Waals surface area contributed by atoms with Gasteiger partial charge in [0, 0.05) is 44.8 Å². The highest BCUT2D eigenvalue weighted by atomic mass is 16.5. The zero-order valence-electron chi connectivity index (χ0n) is 20.7. The van der Waals surface area contributed by atoms with E-state index in [0.717, 1.165) is 0 Å². The second kappa shape index (κ2) is 11.9. The lowest BCUT2D eigenvalue weighted by atomic mass is 10.1. The van der Waals surface area contributed by atoms with Gasteiger partial charge in [0.15, 0.2) is 11.5 Å². The highest BCUT2D eigenvalue weighted by Crippen LogP contribution is 2.28. The molecule has 10 nitrogen and oxygen atoms in total. The summed E-state index contributed by atoms with van der Waals surface area (Å²) in [6.45, 7) is 4.43. The molecule has 2 saturated heterocycles. The van der Waals surface area contributed by atoms with Crippen molar-refractivity contribution in [1.82, 2.24) is 14.7 Å². The molecule has 10 heteroatoms. The summed E-state index contributed by atoms with van der Waals surface area (Å²) in [5.74, 6) is 0.674. The molecule has 0 unspecified atom stereocenters. The average Bonchev–Trinajstić information content (AvgIpc) is 2.93. The first-order chi connectivity index (χ1) is 17.5. The largest absolute Gasteiger partial charge is 0.493 e. The summed E-state index contributed by atoms with van der Waals surface area (Å²) < 4.78 is 15.9. The Morgan fingerprint density at radius 2 is 1.50 bits per heavy atom. The maximum Gasteiger partial charge on any atom is 0.256 e. The molecule has 192 valence electrons. The fourth-order valence-corrected chi connectivity index (χ4v) is 4.37. The first-order valence-electron chi connectivity index (χ1n) is 12.0. The number of para-hydroxylation sites is 1. The van der Waals surface area contributed by atoms with Crippen LogP contribution < -0.4 is 14.8 Å². The molecule has 2 aromatic rings. The van der Waals surface area contributed by atoms with E-state index >= 15 is 0 Å². The van der Waals surface area contributed by atoms with Crippen LogP contribution in [0.1, 0.15) is 20.7 Å². The SMILES string of the molecule is COc1ccc(C(=O)N2CCN(CC(=O)Nc3ccccc3C(=O)N3CCOCC3)CC2)cc1OC. The molecule has 2 aliphatic heterocycles. The van der Waals surface area contributed by atoms with Crippen molar-refractivity contribution < 1.29 is 28.6 Å². The Labute approximate surface area is 210 Å². The van der Waals surface area contributed by atoms with E-state index in [4.69, 9.17) is 14.2 Å². The van der Waals surface area contributed by atoms with Crippen molar-refractivity contribution in [3.05, 3.63) is 53.6 Å². The third kappa shape index (κ3) is 5.95. The maximum atomic E-state index is 13.0. The molecule has 0 radical (unpaired) electrons. The summed E-state index contributed by atoms with van der Waals surface area (Å²) in [4.78, 5) is 44.2. The number of hydrogen-bond donors (Lipinski definition) is 1. The summed E-state index contributed by atoms with van der Waals surface area (Å²) in [6, 6.07) is 12.2. The van der Waals surface area contributed by atoms with Crippen LogP contribution in [0.3, 0.4) is 0 Å². The summed E-state index contributed by atoms with van der Waals surface area (Å²) in [7, 11) is 3.09. The van der Waals surface area contributed by atoms with Gasteiger partial charge in [-0.25, -0.2) is 0 Å². The van der Waals surface area contributed by atoms with Crippen LogP contribution in [-0.2, 0) is 9.53 Å². The highest BCUT2D eigenvalue weighted by Gasteiger charge is 2.25. The smallest absolute Gasteiger partial charge is 0.256 e. The molecule has 2 aliphatic rings. The molecule has 0 bridgehead atoms. The molecule has 36 heavy (non-hydrogen) atoms. The predicted molar refractivity (Wildman–Crippen MR) is 134 cm³/mol. The minimum atomic E-state index is -0.197. The van der Waals surface area contributed by atoms with Gasteiger partial charge in [-0.3, -0.25) is 19.3 Å². The number of hydrogen-bond acceptors (Lipinski definition) is 7. The van der Waals surface area contributed by atoms with Crippen molar-refractivity contribution in [2.75, 3.05) is 78.6 Å². The van der Waals surface area contributed by atoms with Crippen molar-refractivity contribution in [2.24, 2.45) is 0 Å². The second-order valence-corrected chi connectivity index (χ2v) is 8.64. The van der Waals surface area contributed by atoms with E-state index in [9.17, 15) is 14.4 Å². The molecular weight excluding hydrogens is 464 g/mol. The van der Waals surface area contributed by atoms with E-state index in [2.05, 4.69) is 5.32 Å². The van der Waals surface area contributed by atoms with Gasteiger partial charge in [0.2, 0.25) is 5.91 Å². The topological polar surface area (TPSA) is 101 Å². The lowest BCUT2D eigenvalue weighted by Gasteiger charge is -2.34. The molecule has 0 aromatic heterocycles. The Kier molecular flexibility index (Phi) is 8.40. The van der Waals surface area contributed by atoms with Crippen LogP contribution in [0.2, 0.25) is 0 Å². The highest BCUT2D eigenvalue weighted by molar-refractivity contribution is 6.04.